The number of anilines is 3. The summed E-state index contributed by atoms with van der Waals surface area (Å²) < 4.78 is 0. The van der Waals surface area contributed by atoms with Gasteiger partial charge in [0.25, 0.3) is 5.91 Å². The van der Waals surface area contributed by atoms with Crippen LogP contribution in [-0.2, 0) is 0 Å². The zero-order chi connectivity index (χ0) is 18.1. The molecule has 1 saturated heterocycles. The molecule has 2 aromatic heterocycles. The van der Waals surface area contributed by atoms with Crippen molar-refractivity contribution in [3.63, 3.8) is 0 Å². The summed E-state index contributed by atoms with van der Waals surface area (Å²) in [5, 5.41) is 7.67. The first-order chi connectivity index (χ1) is 12.6. The van der Waals surface area contributed by atoms with Crippen molar-refractivity contribution in [2.24, 2.45) is 5.73 Å². The Balaban J connectivity index is 1.75. The van der Waals surface area contributed by atoms with Crippen molar-refractivity contribution in [2.45, 2.75) is 18.9 Å². The number of amides is 1. The molecular formula is C18H19N7O. The standard InChI is InChI=1S/C18H19N7O/c19-15-9-23-16(17(20)26)18(25-15)24-10-3-4-14-12(8-10)11(5-7-22-14)13-2-1-6-21-13/h3-5,7-9,13,21H,1-2,6H2,(H2,20,26)(H3,19,24,25). The van der Waals surface area contributed by atoms with Gasteiger partial charge >= 0.3 is 0 Å². The minimum Gasteiger partial charge on any atom is -0.382 e. The number of nitrogens with zero attached hydrogens (tertiary/aromatic N) is 3. The molecule has 1 amide bonds. The van der Waals surface area contributed by atoms with Crippen molar-refractivity contribution in [2.75, 3.05) is 17.6 Å². The number of nitrogens with one attached hydrogen (secondary N) is 2. The smallest absolute Gasteiger partial charge is 0.271 e. The number of hydrogen-bond acceptors (Lipinski definition) is 7. The third-order valence-corrected chi connectivity index (χ3v) is 4.50. The Morgan fingerprint density at radius 3 is 2.92 bits per heavy atom. The average molecular weight is 349 g/mol. The van der Waals surface area contributed by atoms with E-state index in [0.29, 0.717) is 6.04 Å². The van der Waals surface area contributed by atoms with Crippen molar-refractivity contribution in [1.82, 2.24) is 20.3 Å². The fraction of sp³-hybridized carbons (Fsp3) is 0.222. The minimum atomic E-state index is -0.668. The minimum absolute atomic E-state index is 0.0446. The lowest BCUT2D eigenvalue weighted by Gasteiger charge is -2.15. The molecule has 6 N–H and O–H groups in total. The molecule has 0 aliphatic carbocycles. The second kappa shape index (κ2) is 6.57. The van der Waals surface area contributed by atoms with Crippen LogP contribution in [0.4, 0.5) is 17.3 Å². The Kier molecular flexibility index (Phi) is 4.10. The number of rotatable bonds is 4. The maximum absolute atomic E-state index is 11.6. The number of fused-ring (bicyclic) bond motifs is 1. The number of nitrogen functional groups attached to an aromatic ring is 1. The zero-order valence-electron chi connectivity index (χ0n) is 14.1. The van der Waals surface area contributed by atoms with Crippen molar-refractivity contribution in [1.29, 1.82) is 0 Å². The van der Waals surface area contributed by atoms with Gasteiger partial charge in [0.15, 0.2) is 11.5 Å². The number of benzene rings is 1. The van der Waals surface area contributed by atoms with E-state index in [9.17, 15) is 4.79 Å². The number of hydrogen-bond donors (Lipinski definition) is 4. The van der Waals surface area contributed by atoms with Crippen molar-refractivity contribution >= 4 is 34.1 Å². The van der Waals surface area contributed by atoms with Crippen molar-refractivity contribution in [3.8, 4) is 0 Å². The lowest BCUT2D eigenvalue weighted by atomic mass is 10.0. The average Bonchev–Trinajstić information content (AvgIpc) is 3.15. The summed E-state index contributed by atoms with van der Waals surface area (Å²) in [7, 11) is 0. The van der Waals surface area contributed by atoms with E-state index in [4.69, 9.17) is 11.5 Å². The molecule has 1 aromatic carbocycles. The highest BCUT2D eigenvalue weighted by Crippen LogP contribution is 2.31. The third-order valence-electron chi connectivity index (χ3n) is 4.50. The fourth-order valence-corrected chi connectivity index (χ4v) is 3.31. The Hall–Kier alpha value is -3.26. The van der Waals surface area contributed by atoms with Gasteiger partial charge < -0.3 is 22.1 Å². The first-order valence-corrected chi connectivity index (χ1v) is 8.43. The molecule has 0 saturated carbocycles. The molecule has 26 heavy (non-hydrogen) atoms. The van der Waals surface area contributed by atoms with Gasteiger partial charge in [-0.1, -0.05) is 0 Å². The van der Waals surface area contributed by atoms with E-state index in [0.717, 1.165) is 36.0 Å². The molecule has 8 nitrogen and oxygen atoms in total. The van der Waals surface area contributed by atoms with Gasteiger partial charge in [-0.15, -0.1) is 0 Å². The first-order valence-electron chi connectivity index (χ1n) is 8.43. The molecule has 0 radical (unpaired) electrons. The number of primary amides is 1. The molecule has 1 aliphatic heterocycles. The van der Waals surface area contributed by atoms with Gasteiger partial charge in [-0.25, -0.2) is 9.97 Å². The summed E-state index contributed by atoms with van der Waals surface area (Å²) in [6, 6.07) is 8.16. The lowest BCUT2D eigenvalue weighted by molar-refractivity contribution is 0.0996. The molecule has 1 fully saturated rings. The van der Waals surface area contributed by atoms with Crippen LogP contribution < -0.4 is 22.1 Å². The molecular weight excluding hydrogens is 330 g/mol. The summed E-state index contributed by atoms with van der Waals surface area (Å²) in [5.74, 6) is -0.226. The first kappa shape index (κ1) is 16.2. The molecule has 1 aliphatic rings. The number of nitrogens with two attached hydrogens (primary N) is 2. The van der Waals surface area contributed by atoms with Crippen LogP contribution >= 0.6 is 0 Å². The van der Waals surface area contributed by atoms with Crippen LogP contribution in [0.25, 0.3) is 10.9 Å². The summed E-state index contributed by atoms with van der Waals surface area (Å²) in [6.45, 7) is 1.02. The molecule has 1 atom stereocenters. The molecule has 3 aromatic rings. The molecule has 8 heteroatoms. The van der Waals surface area contributed by atoms with E-state index < -0.39 is 5.91 Å². The number of carbonyl (C=O) groups excluding carboxylic acids is 1. The van der Waals surface area contributed by atoms with Crippen LogP contribution in [0.1, 0.15) is 34.9 Å². The van der Waals surface area contributed by atoms with E-state index in [-0.39, 0.29) is 17.3 Å². The van der Waals surface area contributed by atoms with E-state index in [1.165, 1.54) is 11.8 Å². The van der Waals surface area contributed by atoms with Gasteiger partial charge in [-0.05, 0) is 49.2 Å². The molecule has 4 rings (SSSR count). The van der Waals surface area contributed by atoms with Crippen molar-refractivity contribution in [3.05, 3.63) is 47.9 Å². The SMILES string of the molecule is NC(=O)c1ncc(N)nc1Nc1ccc2nccc(C3CCCN3)c2c1. The van der Waals surface area contributed by atoms with Crippen LogP contribution in [0.15, 0.2) is 36.7 Å². The quantitative estimate of drug-likeness (QED) is 0.565. The van der Waals surface area contributed by atoms with Gasteiger partial charge in [0.05, 0.1) is 11.7 Å². The monoisotopic (exact) mass is 349 g/mol. The second-order valence-electron chi connectivity index (χ2n) is 6.26. The highest BCUT2D eigenvalue weighted by atomic mass is 16.1. The fourth-order valence-electron chi connectivity index (χ4n) is 3.31. The van der Waals surface area contributed by atoms with Gasteiger partial charge in [0, 0.05) is 23.3 Å². The zero-order valence-corrected chi connectivity index (χ0v) is 14.1. The lowest BCUT2D eigenvalue weighted by Crippen LogP contribution is -2.17. The normalized spacial score (nSPS) is 16.7. The van der Waals surface area contributed by atoms with Crippen molar-refractivity contribution < 1.29 is 4.79 Å². The van der Waals surface area contributed by atoms with E-state index in [1.807, 2.05) is 30.5 Å². The van der Waals surface area contributed by atoms with Crippen LogP contribution in [-0.4, -0.2) is 27.4 Å². The number of carbonyl (C=O) groups is 1. The van der Waals surface area contributed by atoms with Gasteiger partial charge in [0.2, 0.25) is 0 Å². The van der Waals surface area contributed by atoms with Crippen LogP contribution in [0, 0.1) is 0 Å². The highest BCUT2D eigenvalue weighted by Gasteiger charge is 2.19. The van der Waals surface area contributed by atoms with Gasteiger partial charge in [0.1, 0.15) is 5.82 Å². The molecule has 0 bridgehead atoms. The van der Waals surface area contributed by atoms with E-state index >= 15 is 0 Å². The van der Waals surface area contributed by atoms with E-state index in [1.54, 1.807) is 0 Å². The predicted octanol–water partition coefficient (Wildman–Crippen LogP) is 1.87. The Morgan fingerprint density at radius 2 is 2.15 bits per heavy atom. The molecule has 3 heterocycles. The Bertz CT molecular complexity index is 982. The highest BCUT2D eigenvalue weighted by molar-refractivity contribution is 5.96. The third kappa shape index (κ3) is 3.02. The van der Waals surface area contributed by atoms with Gasteiger partial charge in [-0.2, -0.15) is 0 Å². The Morgan fingerprint density at radius 1 is 1.27 bits per heavy atom. The maximum Gasteiger partial charge on any atom is 0.271 e. The predicted molar refractivity (Wildman–Crippen MR) is 100.0 cm³/mol. The number of aromatic nitrogens is 3. The topological polar surface area (TPSA) is 132 Å². The summed E-state index contributed by atoms with van der Waals surface area (Å²) in [5.41, 5.74) is 14.0. The van der Waals surface area contributed by atoms with Gasteiger partial charge in [-0.3, -0.25) is 9.78 Å². The van der Waals surface area contributed by atoms with E-state index in [2.05, 4.69) is 25.6 Å². The molecule has 132 valence electrons. The maximum atomic E-state index is 11.6. The number of pyridine rings is 1. The van der Waals surface area contributed by atoms with Crippen LogP contribution in [0.3, 0.4) is 0 Å². The van der Waals surface area contributed by atoms with Crippen LogP contribution in [0.5, 0.6) is 0 Å². The summed E-state index contributed by atoms with van der Waals surface area (Å²) in [4.78, 5) is 24.1. The molecule has 0 spiro atoms. The second-order valence-corrected chi connectivity index (χ2v) is 6.26. The summed E-state index contributed by atoms with van der Waals surface area (Å²) >= 11 is 0. The largest absolute Gasteiger partial charge is 0.382 e. The summed E-state index contributed by atoms with van der Waals surface area (Å²) in [6.07, 6.45) is 5.40. The van der Waals surface area contributed by atoms with Crippen LogP contribution in [0.2, 0.25) is 0 Å². The Labute approximate surface area is 150 Å². The molecule has 1 unspecified atom stereocenters.